The molecule has 0 unspecified atom stereocenters. The number of primary amides is 1. The lowest BCUT2D eigenvalue weighted by Gasteiger charge is -2.42. The van der Waals surface area contributed by atoms with Crippen molar-refractivity contribution >= 4 is 22.8 Å². The highest BCUT2D eigenvalue weighted by atomic mass is 19.4. The number of hydrogen-bond acceptors (Lipinski definition) is 5. The number of rotatable bonds is 7. The van der Waals surface area contributed by atoms with Crippen molar-refractivity contribution in [2.45, 2.75) is 31.2 Å². The Hall–Kier alpha value is -3.60. The molecule has 0 bridgehead atoms. The monoisotopic (exact) mass is 448 g/mol. The normalized spacial score (nSPS) is 15.3. The molecule has 1 aliphatic rings. The van der Waals surface area contributed by atoms with E-state index in [4.69, 9.17) is 10.8 Å². The van der Waals surface area contributed by atoms with E-state index in [-0.39, 0.29) is 23.6 Å². The summed E-state index contributed by atoms with van der Waals surface area (Å²) in [4.78, 5) is 27.7. The van der Waals surface area contributed by atoms with Crippen LogP contribution in [0.2, 0.25) is 0 Å². The van der Waals surface area contributed by atoms with Crippen molar-refractivity contribution in [3.63, 3.8) is 0 Å². The molecule has 1 saturated carbocycles. The average molecular weight is 448 g/mol. The number of nitrogens with zero attached hydrogens (tertiary/aromatic N) is 2. The molecule has 0 atom stereocenters. The molecular formula is C21H19F3N4O4. The maximum absolute atomic E-state index is 12.7. The summed E-state index contributed by atoms with van der Waals surface area (Å²) < 4.78 is 43.5. The van der Waals surface area contributed by atoms with Gasteiger partial charge in [0.2, 0.25) is 0 Å². The van der Waals surface area contributed by atoms with Gasteiger partial charge in [0.1, 0.15) is 17.3 Å². The lowest BCUT2D eigenvalue weighted by Crippen LogP contribution is -2.50. The van der Waals surface area contributed by atoms with Gasteiger partial charge >= 0.3 is 12.3 Å². The summed E-state index contributed by atoms with van der Waals surface area (Å²) in [5.74, 6) is -1.97. The minimum Gasteiger partial charge on any atom is -0.480 e. The van der Waals surface area contributed by atoms with Crippen LogP contribution in [0.3, 0.4) is 0 Å². The van der Waals surface area contributed by atoms with Crippen LogP contribution >= 0.6 is 0 Å². The number of alkyl halides is 3. The number of amides is 1. The van der Waals surface area contributed by atoms with Gasteiger partial charge in [0.25, 0.3) is 5.91 Å². The molecule has 8 nitrogen and oxygen atoms in total. The van der Waals surface area contributed by atoms with E-state index in [1.54, 1.807) is 18.2 Å². The van der Waals surface area contributed by atoms with Crippen molar-refractivity contribution in [1.29, 1.82) is 0 Å². The first-order valence-electron chi connectivity index (χ1n) is 9.74. The molecule has 0 aliphatic heterocycles. The van der Waals surface area contributed by atoms with E-state index in [9.17, 15) is 22.8 Å². The third kappa shape index (κ3) is 4.11. The first-order valence-corrected chi connectivity index (χ1v) is 9.74. The molecule has 3 aromatic rings. The molecule has 1 fully saturated rings. The molecule has 2 heterocycles. The van der Waals surface area contributed by atoms with E-state index < -0.39 is 29.5 Å². The zero-order valence-electron chi connectivity index (χ0n) is 16.6. The van der Waals surface area contributed by atoms with E-state index in [0.29, 0.717) is 23.9 Å². The maximum atomic E-state index is 12.7. The molecule has 168 valence electrons. The average Bonchev–Trinajstić information content (AvgIpc) is 3.05. The van der Waals surface area contributed by atoms with Crippen LogP contribution in [0.15, 0.2) is 42.5 Å². The van der Waals surface area contributed by atoms with Crippen LogP contribution in [-0.4, -0.2) is 39.4 Å². The Labute approximate surface area is 179 Å². The SMILES string of the molecule is NC(=O)c1cc2ccc(OC(F)(F)F)cc2n1-c1cccc(C2(NCC(=O)O)CCC2)n1. The van der Waals surface area contributed by atoms with E-state index in [1.807, 2.05) is 0 Å². The molecule has 11 heteroatoms. The molecule has 0 saturated heterocycles. The number of aliphatic carboxylic acids is 1. The highest BCUT2D eigenvalue weighted by molar-refractivity contribution is 5.99. The predicted octanol–water partition coefficient (Wildman–Crippen LogP) is 3.08. The van der Waals surface area contributed by atoms with Crippen molar-refractivity contribution in [3.05, 3.63) is 53.9 Å². The third-order valence-electron chi connectivity index (χ3n) is 5.50. The number of nitrogens with one attached hydrogen (secondary N) is 1. The lowest BCUT2D eigenvalue weighted by molar-refractivity contribution is -0.274. The van der Waals surface area contributed by atoms with Crippen LogP contribution in [0, 0.1) is 0 Å². The minimum atomic E-state index is -4.87. The van der Waals surface area contributed by atoms with Gasteiger partial charge in [-0.05, 0) is 49.6 Å². The standard InChI is InChI=1S/C21H19F3N4O4/c22-21(23,24)32-13-6-5-12-9-15(19(25)31)28(14(12)10-13)17-4-1-3-16(27-17)20(7-2-8-20)26-11-18(29)30/h1,3-6,9-10,26H,2,7-8,11H2,(H2,25,31)(H,29,30). The largest absolute Gasteiger partial charge is 0.573 e. The van der Waals surface area contributed by atoms with E-state index in [1.165, 1.54) is 16.7 Å². The number of carboxylic acids is 1. The summed E-state index contributed by atoms with van der Waals surface area (Å²) >= 11 is 0. The number of fused-ring (bicyclic) bond motifs is 1. The Morgan fingerprint density at radius 1 is 1.22 bits per heavy atom. The van der Waals surface area contributed by atoms with Crippen LogP contribution in [0.25, 0.3) is 16.7 Å². The first kappa shape index (κ1) is 21.6. The molecule has 2 aromatic heterocycles. The number of pyridine rings is 1. The number of ether oxygens (including phenoxy) is 1. The van der Waals surface area contributed by atoms with Crippen molar-refractivity contribution in [1.82, 2.24) is 14.9 Å². The highest BCUT2D eigenvalue weighted by Gasteiger charge is 2.40. The van der Waals surface area contributed by atoms with Crippen LogP contribution in [0.5, 0.6) is 5.75 Å². The zero-order valence-corrected chi connectivity index (χ0v) is 16.6. The number of hydrogen-bond donors (Lipinski definition) is 3. The van der Waals surface area contributed by atoms with Gasteiger partial charge in [0.15, 0.2) is 0 Å². The third-order valence-corrected chi connectivity index (χ3v) is 5.50. The molecule has 4 rings (SSSR count). The van der Waals surface area contributed by atoms with Crippen LogP contribution in [0.1, 0.15) is 35.4 Å². The summed E-state index contributed by atoms with van der Waals surface area (Å²) in [6, 6.07) is 10.2. The topological polar surface area (TPSA) is 119 Å². The van der Waals surface area contributed by atoms with Crippen molar-refractivity contribution in [3.8, 4) is 11.6 Å². The number of nitrogens with two attached hydrogens (primary N) is 1. The van der Waals surface area contributed by atoms with Gasteiger partial charge in [-0.25, -0.2) is 4.98 Å². The lowest BCUT2D eigenvalue weighted by atomic mass is 9.74. The van der Waals surface area contributed by atoms with E-state index in [2.05, 4.69) is 15.0 Å². The number of halogens is 3. The number of aromatic nitrogens is 2. The van der Waals surface area contributed by atoms with Gasteiger partial charge < -0.3 is 15.6 Å². The van der Waals surface area contributed by atoms with Gasteiger partial charge in [-0.3, -0.25) is 19.5 Å². The second-order valence-corrected chi connectivity index (χ2v) is 7.56. The smallest absolute Gasteiger partial charge is 0.480 e. The summed E-state index contributed by atoms with van der Waals surface area (Å²) in [6.45, 7) is -0.247. The van der Waals surface area contributed by atoms with Crippen LogP contribution in [-0.2, 0) is 10.3 Å². The van der Waals surface area contributed by atoms with Gasteiger partial charge in [0, 0.05) is 11.5 Å². The fourth-order valence-corrected chi connectivity index (χ4v) is 3.92. The number of carbonyl (C=O) groups is 2. The summed E-state index contributed by atoms with van der Waals surface area (Å²) in [5, 5.41) is 12.5. The zero-order chi connectivity index (χ0) is 23.1. The van der Waals surface area contributed by atoms with E-state index in [0.717, 1.165) is 18.6 Å². The molecular weight excluding hydrogens is 429 g/mol. The number of carboxylic acid groups (broad SMARTS) is 1. The van der Waals surface area contributed by atoms with Crippen molar-refractivity contribution < 1.29 is 32.6 Å². The van der Waals surface area contributed by atoms with Gasteiger partial charge in [-0.1, -0.05) is 6.07 Å². The van der Waals surface area contributed by atoms with E-state index >= 15 is 0 Å². The van der Waals surface area contributed by atoms with Crippen LogP contribution < -0.4 is 15.8 Å². The second kappa shape index (κ2) is 7.83. The summed E-state index contributed by atoms with van der Waals surface area (Å²) in [6.07, 6.45) is -2.64. The Morgan fingerprint density at radius 3 is 2.56 bits per heavy atom. The summed E-state index contributed by atoms with van der Waals surface area (Å²) in [5.41, 5.74) is 5.76. The Kier molecular flexibility index (Phi) is 5.29. The van der Waals surface area contributed by atoms with Crippen LogP contribution in [0.4, 0.5) is 13.2 Å². The first-order chi connectivity index (χ1) is 15.1. The molecule has 1 amide bonds. The molecule has 0 radical (unpaired) electrons. The second-order valence-electron chi connectivity index (χ2n) is 7.56. The predicted molar refractivity (Wildman–Crippen MR) is 107 cm³/mol. The van der Waals surface area contributed by atoms with Gasteiger partial charge in [0.05, 0.1) is 23.3 Å². The fraction of sp³-hybridized carbons (Fsp3) is 0.286. The van der Waals surface area contributed by atoms with Gasteiger partial charge in [-0.2, -0.15) is 0 Å². The summed E-state index contributed by atoms with van der Waals surface area (Å²) in [7, 11) is 0. The Bertz CT molecular complexity index is 1200. The molecule has 32 heavy (non-hydrogen) atoms. The van der Waals surface area contributed by atoms with Gasteiger partial charge in [-0.15, -0.1) is 13.2 Å². The highest BCUT2D eigenvalue weighted by Crippen LogP contribution is 2.40. The maximum Gasteiger partial charge on any atom is 0.573 e. The Balaban J connectivity index is 1.82. The molecule has 1 aromatic carbocycles. The quantitative estimate of drug-likeness (QED) is 0.511. The van der Waals surface area contributed by atoms with Crippen molar-refractivity contribution in [2.24, 2.45) is 5.73 Å². The molecule has 1 aliphatic carbocycles. The molecule has 0 spiro atoms. The number of carbonyl (C=O) groups excluding carboxylic acids is 1. The Morgan fingerprint density at radius 2 is 1.97 bits per heavy atom. The van der Waals surface area contributed by atoms with Crippen molar-refractivity contribution in [2.75, 3.05) is 6.54 Å². The minimum absolute atomic E-state index is 0.0370. The molecule has 4 N–H and O–H groups in total. The number of benzene rings is 1. The fourth-order valence-electron chi connectivity index (χ4n) is 3.92.